The number of furan rings is 1. The molecule has 0 bridgehead atoms. The molecule has 0 spiro atoms. The van der Waals surface area contributed by atoms with Gasteiger partial charge in [0.25, 0.3) is 5.91 Å². The number of ether oxygens (including phenoxy) is 2. The quantitative estimate of drug-likeness (QED) is 0.600. The molecule has 29 heavy (non-hydrogen) atoms. The fraction of sp³-hybridized carbons (Fsp3) is 0.143. The molecule has 0 saturated heterocycles. The van der Waals surface area contributed by atoms with Gasteiger partial charge < -0.3 is 19.2 Å². The van der Waals surface area contributed by atoms with Crippen LogP contribution in [0.2, 0.25) is 0 Å². The van der Waals surface area contributed by atoms with E-state index in [0.29, 0.717) is 5.56 Å². The van der Waals surface area contributed by atoms with Crippen LogP contribution in [0, 0.1) is 11.6 Å². The molecule has 8 heteroatoms. The Morgan fingerprint density at radius 3 is 2.48 bits per heavy atom. The lowest BCUT2D eigenvalue weighted by Gasteiger charge is -2.13. The lowest BCUT2D eigenvalue weighted by atomic mass is 10.2. The van der Waals surface area contributed by atoms with Crippen LogP contribution >= 0.6 is 0 Å². The number of nitrogens with one attached hydrogen (secondary N) is 1. The van der Waals surface area contributed by atoms with E-state index in [0.717, 1.165) is 6.07 Å². The molecule has 0 unspecified atom stereocenters. The highest BCUT2D eigenvalue weighted by Crippen LogP contribution is 2.27. The highest BCUT2D eigenvalue weighted by atomic mass is 19.1. The predicted molar refractivity (Wildman–Crippen MR) is 98.3 cm³/mol. The monoisotopic (exact) mass is 401 g/mol. The molecule has 1 aromatic heterocycles. The highest BCUT2D eigenvalue weighted by Gasteiger charge is 2.19. The third-order valence-electron chi connectivity index (χ3n) is 3.88. The van der Waals surface area contributed by atoms with Crippen LogP contribution in [0.15, 0.2) is 65.3 Å². The summed E-state index contributed by atoms with van der Waals surface area (Å²) in [5.41, 5.74) is 0.362. The average molecular weight is 401 g/mol. The maximum atomic E-state index is 14.2. The number of benzene rings is 2. The Morgan fingerprint density at radius 2 is 1.79 bits per heavy atom. The summed E-state index contributed by atoms with van der Waals surface area (Å²) in [6.45, 7) is 1.24. The van der Waals surface area contributed by atoms with Gasteiger partial charge in [-0.05, 0) is 48.9 Å². The first-order chi connectivity index (χ1) is 13.9. The van der Waals surface area contributed by atoms with E-state index in [4.69, 9.17) is 13.9 Å². The van der Waals surface area contributed by atoms with Crippen molar-refractivity contribution in [3.8, 4) is 11.5 Å². The minimum absolute atomic E-state index is 0.0668. The topological polar surface area (TPSA) is 77.8 Å². The average Bonchev–Trinajstić information content (AvgIpc) is 3.24. The first kappa shape index (κ1) is 20.1. The van der Waals surface area contributed by atoms with Gasteiger partial charge in [0.05, 0.1) is 6.26 Å². The Labute approximate surface area is 165 Å². The highest BCUT2D eigenvalue weighted by molar-refractivity contribution is 5.94. The van der Waals surface area contributed by atoms with Gasteiger partial charge in [0.15, 0.2) is 28.9 Å². The van der Waals surface area contributed by atoms with Crippen LogP contribution in [0.25, 0.3) is 0 Å². The van der Waals surface area contributed by atoms with Gasteiger partial charge in [0.1, 0.15) is 12.6 Å². The maximum Gasteiger partial charge on any atom is 0.328 e. The molecule has 0 aliphatic heterocycles. The summed E-state index contributed by atoms with van der Waals surface area (Å²) in [6, 6.07) is 11.6. The molecule has 1 amide bonds. The third kappa shape index (κ3) is 5.19. The Kier molecular flexibility index (Phi) is 6.23. The van der Waals surface area contributed by atoms with Gasteiger partial charge in [-0.1, -0.05) is 18.2 Å². The van der Waals surface area contributed by atoms with Gasteiger partial charge in [-0.25, -0.2) is 13.6 Å². The van der Waals surface area contributed by atoms with E-state index < -0.39 is 29.6 Å². The fourth-order valence-corrected chi connectivity index (χ4v) is 2.38. The van der Waals surface area contributed by atoms with Crippen molar-refractivity contribution < 1.29 is 32.3 Å². The molecule has 3 rings (SSSR count). The minimum atomic E-state index is -0.930. The molecular formula is C21H17F2NO5. The summed E-state index contributed by atoms with van der Waals surface area (Å²) < 4.78 is 43.1. The zero-order valence-corrected chi connectivity index (χ0v) is 15.4. The number of hydrogen-bond donors (Lipinski definition) is 1. The Bertz CT molecular complexity index is 1000. The van der Waals surface area contributed by atoms with E-state index in [-0.39, 0.29) is 23.9 Å². The van der Waals surface area contributed by atoms with Crippen molar-refractivity contribution in [1.29, 1.82) is 0 Å². The molecule has 0 aliphatic rings. The summed E-state index contributed by atoms with van der Waals surface area (Å²) >= 11 is 0. The van der Waals surface area contributed by atoms with E-state index in [1.807, 2.05) is 0 Å². The lowest BCUT2D eigenvalue weighted by Crippen LogP contribution is -2.39. The summed E-state index contributed by atoms with van der Waals surface area (Å²) in [5.74, 6) is -2.80. The summed E-state index contributed by atoms with van der Waals surface area (Å²) in [7, 11) is 0. The molecule has 0 aliphatic carbocycles. The number of hydrogen-bond acceptors (Lipinski definition) is 5. The van der Waals surface area contributed by atoms with Gasteiger partial charge in [0.2, 0.25) is 0 Å². The van der Waals surface area contributed by atoms with Crippen molar-refractivity contribution in [2.24, 2.45) is 0 Å². The second-order valence-electron chi connectivity index (χ2n) is 6.08. The van der Waals surface area contributed by atoms with Crippen LogP contribution < -0.4 is 10.1 Å². The number of carbonyl (C=O) groups is 2. The zero-order valence-electron chi connectivity index (χ0n) is 15.4. The minimum Gasteiger partial charge on any atom is -0.459 e. The van der Waals surface area contributed by atoms with E-state index in [1.165, 1.54) is 49.6 Å². The molecule has 6 nitrogen and oxygen atoms in total. The van der Waals surface area contributed by atoms with Gasteiger partial charge in [-0.2, -0.15) is 0 Å². The van der Waals surface area contributed by atoms with E-state index in [1.54, 1.807) is 12.1 Å². The van der Waals surface area contributed by atoms with Crippen LogP contribution in [-0.2, 0) is 16.1 Å². The molecule has 150 valence electrons. The SMILES string of the molecule is C[C@H](NC(=O)c1ccco1)C(=O)OCc1ccc(Oc2ccccc2F)c(F)c1. The molecule has 1 heterocycles. The maximum absolute atomic E-state index is 14.2. The van der Waals surface area contributed by atoms with Crippen molar-refractivity contribution >= 4 is 11.9 Å². The summed E-state index contributed by atoms with van der Waals surface area (Å²) in [6.07, 6.45) is 1.34. The lowest BCUT2D eigenvalue weighted by molar-refractivity contribution is -0.146. The van der Waals surface area contributed by atoms with Crippen LogP contribution in [0.1, 0.15) is 23.0 Å². The van der Waals surface area contributed by atoms with Crippen molar-refractivity contribution in [2.45, 2.75) is 19.6 Å². The normalized spacial score (nSPS) is 11.6. The van der Waals surface area contributed by atoms with Gasteiger partial charge in [-0.15, -0.1) is 0 Å². The predicted octanol–water partition coefficient (Wildman–Crippen LogP) is 4.21. The Morgan fingerprint density at radius 1 is 1.03 bits per heavy atom. The number of halogens is 2. The van der Waals surface area contributed by atoms with Crippen molar-refractivity contribution in [3.05, 3.63) is 83.8 Å². The van der Waals surface area contributed by atoms with Crippen molar-refractivity contribution in [3.63, 3.8) is 0 Å². The smallest absolute Gasteiger partial charge is 0.328 e. The number of esters is 1. The van der Waals surface area contributed by atoms with Gasteiger partial charge >= 0.3 is 5.97 Å². The standard InChI is InChI=1S/C21H17F2NO5/c1-13(24-20(25)19-7-4-10-27-19)21(26)28-12-14-8-9-18(16(23)11-14)29-17-6-3-2-5-15(17)22/h2-11,13H,12H2,1H3,(H,24,25)/t13-/m0/s1. The van der Waals surface area contributed by atoms with Crippen LogP contribution in [0.3, 0.4) is 0 Å². The van der Waals surface area contributed by atoms with Crippen LogP contribution in [0.4, 0.5) is 8.78 Å². The van der Waals surface area contributed by atoms with Crippen LogP contribution in [0.5, 0.6) is 11.5 Å². The summed E-state index contributed by atoms with van der Waals surface area (Å²) in [4.78, 5) is 23.9. The molecular weight excluding hydrogens is 384 g/mol. The second-order valence-corrected chi connectivity index (χ2v) is 6.08. The van der Waals surface area contributed by atoms with Crippen LogP contribution in [-0.4, -0.2) is 17.9 Å². The number of amides is 1. The number of carbonyl (C=O) groups excluding carboxylic acids is 2. The second kappa shape index (κ2) is 9.01. The van der Waals surface area contributed by atoms with Gasteiger partial charge in [-0.3, -0.25) is 4.79 Å². The summed E-state index contributed by atoms with van der Waals surface area (Å²) in [5, 5.41) is 2.43. The van der Waals surface area contributed by atoms with E-state index in [9.17, 15) is 18.4 Å². The van der Waals surface area contributed by atoms with Crippen molar-refractivity contribution in [1.82, 2.24) is 5.32 Å². The molecule has 0 fully saturated rings. The molecule has 1 atom stereocenters. The molecule has 0 saturated carbocycles. The third-order valence-corrected chi connectivity index (χ3v) is 3.88. The Hall–Kier alpha value is -3.68. The molecule has 2 aromatic carbocycles. The van der Waals surface area contributed by atoms with Crippen molar-refractivity contribution in [2.75, 3.05) is 0 Å². The molecule has 0 radical (unpaired) electrons. The van der Waals surface area contributed by atoms with E-state index >= 15 is 0 Å². The number of para-hydroxylation sites is 1. The Balaban J connectivity index is 1.55. The fourth-order valence-electron chi connectivity index (χ4n) is 2.38. The first-order valence-electron chi connectivity index (χ1n) is 8.66. The van der Waals surface area contributed by atoms with E-state index in [2.05, 4.69) is 5.32 Å². The molecule has 1 N–H and O–H groups in total. The molecule has 3 aromatic rings. The largest absolute Gasteiger partial charge is 0.459 e. The first-order valence-corrected chi connectivity index (χ1v) is 8.66. The number of rotatable bonds is 7. The zero-order chi connectivity index (χ0) is 20.8. The van der Waals surface area contributed by atoms with Gasteiger partial charge in [0, 0.05) is 0 Å².